The van der Waals surface area contributed by atoms with E-state index in [0.29, 0.717) is 0 Å². The Bertz CT molecular complexity index is 445. The van der Waals surface area contributed by atoms with Crippen molar-refractivity contribution in [2.75, 3.05) is 26.2 Å². The minimum atomic E-state index is -0.389. The second kappa shape index (κ2) is 3.56. The normalized spacial score (nSPS) is 37.1. The van der Waals surface area contributed by atoms with E-state index in [1.807, 2.05) is 0 Å². The van der Waals surface area contributed by atoms with Crippen LogP contribution in [0.15, 0.2) is 30.3 Å². The first kappa shape index (κ1) is 11.0. The molecule has 0 saturated carbocycles. The molecule has 1 aromatic carbocycles. The van der Waals surface area contributed by atoms with Gasteiger partial charge in [0.05, 0.1) is 11.1 Å². The molecule has 0 bridgehead atoms. The first-order valence-electron chi connectivity index (χ1n) is 6.96. The van der Waals surface area contributed by atoms with Crippen LogP contribution >= 0.6 is 0 Å². The molecule has 3 aliphatic rings. The predicted octanol–water partition coefficient (Wildman–Crippen LogP) is 1.08. The van der Waals surface area contributed by atoms with Gasteiger partial charge in [-0.3, -0.25) is 9.80 Å². The van der Waals surface area contributed by atoms with Crippen molar-refractivity contribution in [2.45, 2.75) is 30.5 Å². The van der Waals surface area contributed by atoms with E-state index in [1.165, 1.54) is 5.56 Å². The average Bonchev–Trinajstić information content (AvgIpc) is 3.23. The van der Waals surface area contributed by atoms with E-state index in [4.69, 9.17) is 0 Å². The van der Waals surface area contributed by atoms with Crippen molar-refractivity contribution in [3.05, 3.63) is 35.9 Å². The maximum atomic E-state index is 10.7. The molecule has 96 valence electrons. The number of aliphatic hydroxyl groups is 1. The van der Waals surface area contributed by atoms with E-state index in [0.717, 1.165) is 45.6 Å². The fraction of sp³-hybridized carbons (Fsp3) is 0.600. The predicted molar refractivity (Wildman–Crippen MR) is 70.2 cm³/mol. The van der Waals surface area contributed by atoms with Crippen LogP contribution in [0, 0.1) is 0 Å². The van der Waals surface area contributed by atoms with Gasteiger partial charge in [0.2, 0.25) is 0 Å². The van der Waals surface area contributed by atoms with Gasteiger partial charge in [0, 0.05) is 32.7 Å². The molecule has 1 N–H and O–H groups in total. The summed E-state index contributed by atoms with van der Waals surface area (Å²) in [5, 5.41) is 10.7. The smallest absolute Gasteiger partial charge is 0.0880 e. The zero-order valence-corrected chi connectivity index (χ0v) is 10.7. The van der Waals surface area contributed by atoms with E-state index in [1.54, 1.807) is 0 Å². The molecule has 0 aromatic heterocycles. The third kappa shape index (κ3) is 1.54. The van der Waals surface area contributed by atoms with Gasteiger partial charge in [0.25, 0.3) is 0 Å². The highest BCUT2D eigenvalue weighted by Gasteiger charge is 2.77. The Balaban J connectivity index is 1.37. The Kier molecular flexibility index (Phi) is 2.17. The summed E-state index contributed by atoms with van der Waals surface area (Å²) < 4.78 is 0. The van der Waals surface area contributed by atoms with Crippen LogP contribution in [0.4, 0.5) is 0 Å². The van der Waals surface area contributed by atoms with Crippen LogP contribution in [0.3, 0.4) is 0 Å². The van der Waals surface area contributed by atoms with Gasteiger partial charge in [-0.05, 0) is 18.4 Å². The monoisotopic (exact) mass is 244 g/mol. The molecule has 18 heavy (non-hydrogen) atoms. The van der Waals surface area contributed by atoms with Crippen LogP contribution in [0.2, 0.25) is 0 Å². The molecule has 3 saturated heterocycles. The van der Waals surface area contributed by atoms with E-state index in [9.17, 15) is 5.11 Å². The van der Waals surface area contributed by atoms with Crippen molar-refractivity contribution in [3.8, 4) is 0 Å². The number of likely N-dealkylation sites (tertiary alicyclic amines) is 1. The molecule has 0 atom stereocenters. The van der Waals surface area contributed by atoms with E-state index in [2.05, 4.69) is 40.1 Å². The first-order chi connectivity index (χ1) is 8.72. The van der Waals surface area contributed by atoms with Crippen molar-refractivity contribution < 1.29 is 5.11 Å². The maximum Gasteiger partial charge on any atom is 0.0880 e. The van der Waals surface area contributed by atoms with Gasteiger partial charge in [-0.25, -0.2) is 0 Å². The Morgan fingerprint density at radius 1 is 1.06 bits per heavy atom. The van der Waals surface area contributed by atoms with Crippen LogP contribution in [-0.2, 0) is 6.54 Å². The summed E-state index contributed by atoms with van der Waals surface area (Å²) in [6, 6.07) is 10.6. The molecule has 1 aromatic rings. The molecule has 3 aliphatic heterocycles. The number of rotatable bonds is 3. The van der Waals surface area contributed by atoms with Gasteiger partial charge in [-0.15, -0.1) is 0 Å². The highest BCUT2D eigenvalue weighted by molar-refractivity contribution is 5.34. The lowest BCUT2D eigenvalue weighted by Crippen LogP contribution is -2.50. The van der Waals surface area contributed by atoms with Crippen LogP contribution in [0.25, 0.3) is 0 Å². The quantitative estimate of drug-likeness (QED) is 0.806. The lowest BCUT2D eigenvalue weighted by molar-refractivity contribution is -0.0354. The Labute approximate surface area is 108 Å². The number of piperidine rings is 1. The topological polar surface area (TPSA) is 26.5 Å². The van der Waals surface area contributed by atoms with Gasteiger partial charge < -0.3 is 5.11 Å². The lowest BCUT2D eigenvalue weighted by atomic mass is 9.81. The van der Waals surface area contributed by atoms with Crippen LogP contribution in [0.1, 0.15) is 18.4 Å². The van der Waals surface area contributed by atoms with Gasteiger partial charge in [-0.1, -0.05) is 30.3 Å². The van der Waals surface area contributed by atoms with E-state index < -0.39 is 0 Å². The molecule has 0 spiro atoms. The summed E-state index contributed by atoms with van der Waals surface area (Å²) >= 11 is 0. The highest BCUT2D eigenvalue weighted by atomic mass is 16.3. The molecule has 4 rings (SSSR count). The molecule has 3 nitrogen and oxygen atoms in total. The van der Waals surface area contributed by atoms with Crippen LogP contribution in [-0.4, -0.2) is 52.2 Å². The highest BCUT2D eigenvalue weighted by Crippen LogP contribution is 2.59. The van der Waals surface area contributed by atoms with E-state index >= 15 is 0 Å². The Hall–Kier alpha value is -0.900. The Morgan fingerprint density at radius 2 is 1.67 bits per heavy atom. The minimum absolute atomic E-state index is 0.228. The summed E-state index contributed by atoms with van der Waals surface area (Å²) in [5.41, 5.74) is 1.21. The zero-order valence-electron chi connectivity index (χ0n) is 10.7. The zero-order chi connectivity index (χ0) is 12.2. The summed E-state index contributed by atoms with van der Waals surface area (Å²) in [6.07, 6.45) is 1.88. The van der Waals surface area contributed by atoms with Crippen molar-refractivity contribution in [1.82, 2.24) is 9.80 Å². The fourth-order valence-corrected chi connectivity index (χ4v) is 3.49. The Morgan fingerprint density at radius 3 is 2.22 bits per heavy atom. The second-order valence-corrected chi connectivity index (χ2v) is 6.18. The molecule has 0 aliphatic carbocycles. The van der Waals surface area contributed by atoms with E-state index in [-0.39, 0.29) is 11.1 Å². The summed E-state index contributed by atoms with van der Waals surface area (Å²) in [5.74, 6) is 0. The van der Waals surface area contributed by atoms with Crippen molar-refractivity contribution in [1.29, 1.82) is 0 Å². The molecule has 3 heterocycles. The molecule has 0 unspecified atom stereocenters. The van der Waals surface area contributed by atoms with Crippen LogP contribution in [0.5, 0.6) is 0 Å². The SMILES string of the molecule is OC1(C23CN2C3)CCN(Cc2ccccc2)CC1. The van der Waals surface area contributed by atoms with Crippen LogP contribution < -0.4 is 0 Å². The largest absolute Gasteiger partial charge is 0.388 e. The lowest BCUT2D eigenvalue weighted by Gasteiger charge is -2.39. The number of nitrogens with zero attached hydrogens (tertiary/aromatic N) is 2. The second-order valence-electron chi connectivity index (χ2n) is 6.18. The number of hydrogen-bond acceptors (Lipinski definition) is 3. The van der Waals surface area contributed by atoms with Crippen molar-refractivity contribution in [2.24, 2.45) is 0 Å². The number of fused-ring (bicyclic) bond motifs is 1. The summed E-state index contributed by atoms with van der Waals surface area (Å²) in [7, 11) is 0. The van der Waals surface area contributed by atoms with Crippen molar-refractivity contribution in [3.63, 3.8) is 0 Å². The van der Waals surface area contributed by atoms with Gasteiger partial charge in [0.1, 0.15) is 0 Å². The average molecular weight is 244 g/mol. The first-order valence-corrected chi connectivity index (χ1v) is 6.96. The fourth-order valence-electron chi connectivity index (χ4n) is 3.49. The molecule has 3 fully saturated rings. The van der Waals surface area contributed by atoms with Gasteiger partial charge in [-0.2, -0.15) is 0 Å². The summed E-state index contributed by atoms with van der Waals surface area (Å²) in [6.45, 7) is 5.36. The van der Waals surface area contributed by atoms with Gasteiger partial charge in [0.15, 0.2) is 0 Å². The third-order valence-electron chi connectivity index (χ3n) is 5.10. The molecular formula is C15H20N2O. The third-order valence-corrected chi connectivity index (χ3v) is 5.10. The van der Waals surface area contributed by atoms with Crippen molar-refractivity contribution >= 4 is 0 Å². The molecule has 0 radical (unpaired) electrons. The van der Waals surface area contributed by atoms with Gasteiger partial charge >= 0.3 is 0 Å². The molecule has 3 heteroatoms. The standard InChI is InChI=1S/C15H20N2O/c18-15(14-11-17(14)12-14)6-8-16(9-7-15)10-13-4-2-1-3-5-13/h1-5,18H,6-12H2. The maximum absolute atomic E-state index is 10.7. The number of hydrogen-bond donors (Lipinski definition) is 1. The summed E-state index contributed by atoms with van der Waals surface area (Å²) in [4.78, 5) is 4.86. The number of benzene rings is 1. The minimum Gasteiger partial charge on any atom is -0.388 e. The molecular weight excluding hydrogens is 224 g/mol. The molecule has 0 amide bonds.